The van der Waals surface area contributed by atoms with Crippen LogP contribution in [0.15, 0.2) is 27.4 Å². The van der Waals surface area contributed by atoms with Gasteiger partial charge in [0.05, 0.1) is 11.7 Å². The van der Waals surface area contributed by atoms with E-state index >= 15 is 0 Å². The average Bonchev–Trinajstić information content (AvgIpc) is 3.14. The molecule has 0 saturated heterocycles. The Kier molecular flexibility index (Phi) is 5.52. The van der Waals surface area contributed by atoms with Gasteiger partial charge in [-0.25, -0.2) is 0 Å². The number of rotatable bonds is 7. The van der Waals surface area contributed by atoms with Crippen molar-refractivity contribution in [3.05, 3.63) is 39.9 Å². The number of hydrogen-bond donors (Lipinski definition) is 1. The van der Waals surface area contributed by atoms with Crippen molar-refractivity contribution >= 4 is 17.2 Å². The van der Waals surface area contributed by atoms with Gasteiger partial charge < -0.3 is 9.84 Å². The van der Waals surface area contributed by atoms with Crippen molar-refractivity contribution in [2.24, 2.45) is 0 Å². The molecule has 1 amide bonds. The van der Waals surface area contributed by atoms with E-state index in [-0.39, 0.29) is 17.7 Å². The fraction of sp³-hybridized carbons (Fsp3) is 0.467. The number of aromatic nitrogens is 1. The first-order chi connectivity index (χ1) is 10.2. The fourth-order valence-electron chi connectivity index (χ4n) is 2.33. The van der Waals surface area contributed by atoms with Gasteiger partial charge in [0.15, 0.2) is 0 Å². The van der Waals surface area contributed by atoms with Gasteiger partial charge in [-0.2, -0.15) is 11.3 Å². The van der Waals surface area contributed by atoms with E-state index < -0.39 is 0 Å². The quantitative estimate of drug-likeness (QED) is 0.854. The zero-order chi connectivity index (χ0) is 15.2. The fourth-order valence-corrected chi connectivity index (χ4v) is 3.04. The molecule has 6 heteroatoms. The number of carbonyl (C=O) groups is 1. The summed E-state index contributed by atoms with van der Waals surface area (Å²) >= 11 is 1.67. The van der Waals surface area contributed by atoms with Gasteiger partial charge in [-0.05, 0) is 42.4 Å². The first-order valence-electron chi connectivity index (χ1n) is 7.13. The molecule has 2 aromatic heterocycles. The Balaban J connectivity index is 2.04. The van der Waals surface area contributed by atoms with Crippen molar-refractivity contribution < 1.29 is 9.32 Å². The third kappa shape index (κ3) is 3.92. The van der Waals surface area contributed by atoms with Crippen LogP contribution in [0.2, 0.25) is 0 Å². The van der Waals surface area contributed by atoms with Crippen molar-refractivity contribution in [1.82, 2.24) is 15.4 Å². The van der Waals surface area contributed by atoms with E-state index in [0.29, 0.717) is 12.2 Å². The number of hydrogen-bond acceptors (Lipinski definition) is 5. The maximum Gasteiger partial charge on any atom is 0.289 e. The lowest BCUT2D eigenvalue weighted by molar-refractivity contribution is 0.0898. The van der Waals surface area contributed by atoms with Crippen LogP contribution in [-0.4, -0.2) is 35.6 Å². The van der Waals surface area contributed by atoms with Crippen LogP contribution in [0.1, 0.15) is 41.7 Å². The Bertz CT molecular complexity index is 561. The van der Waals surface area contributed by atoms with Crippen LogP contribution in [0.25, 0.3) is 0 Å². The third-order valence-electron chi connectivity index (χ3n) is 3.49. The SMILES string of the molecule is CCN(CC)C(CNC(=O)c1cc(C)no1)c1ccsc1. The number of nitrogens with zero attached hydrogens (tertiary/aromatic N) is 2. The molecule has 2 heterocycles. The summed E-state index contributed by atoms with van der Waals surface area (Å²) in [6.45, 7) is 8.49. The monoisotopic (exact) mass is 307 g/mol. The van der Waals surface area contributed by atoms with Crippen molar-refractivity contribution in [2.45, 2.75) is 26.8 Å². The van der Waals surface area contributed by atoms with Crippen LogP contribution in [0.3, 0.4) is 0 Å². The molecule has 0 saturated carbocycles. The molecule has 0 aromatic carbocycles. The van der Waals surface area contributed by atoms with E-state index in [1.54, 1.807) is 24.3 Å². The van der Waals surface area contributed by atoms with Gasteiger partial charge in [-0.15, -0.1) is 0 Å². The summed E-state index contributed by atoms with van der Waals surface area (Å²) in [5.74, 6) is 0.0408. The molecule has 0 radical (unpaired) electrons. The highest BCUT2D eigenvalue weighted by molar-refractivity contribution is 7.07. The Labute approximate surface area is 128 Å². The van der Waals surface area contributed by atoms with Crippen LogP contribution in [-0.2, 0) is 0 Å². The molecule has 2 aromatic rings. The highest BCUT2D eigenvalue weighted by atomic mass is 32.1. The molecule has 0 aliphatic heterocycles. The number of amides is 1. The van der Waals surface area contributed by atoms with Gasteiger partial charge in [-0.3, -0.25) is 9.69 Å². The summed E-state index contributed by atoms with van der Waals surface area (Å²) in [4.78, 5) is 14.4. The summed E-state index contributed by atoms with van der Waals surface area (Å²) in [7, 11) is 0. The molecule has 114 valence electrons. The van der Waals surface area contributed by atoms with E-state index in [2.05, 4.69) is 46.0 Å². The van der Waals surface area contributed by atoms with E-state index in [0.717, 1.165) is 13.1 Å². The lowest BCUT2D eigenvalue weighted by Crippen LogP contribution is -2.37. The maximum absolute atomic E-state index is 12.1. The van der Waals surface area contributed by atoms with Gasteiger partial charge >= 0.3 is 0 Å². The largest absolute Gasteiger partial charge is 0.351 e. The second-order valence-electron chi connectivity index (χ2n) is 4.84. The molecular formula is C15H21N3O2S. The van der Waals surface area contributed by atoms with Crippen LogP contribution in [0.4, 0.5) is 0 Å². The zero-order valence-corrected chi connectivity index (χ0v) is 13.4. The van der Waals surface area contributed by atoms with Gasteiger partial charge in [0.25, 0.3) is 5.91 Å². The molecule has 0 bridgehead atoms. The molecule has 21 heavy (non-hydrogen) atoms. The summed E-state index contributed by atoms with van der Waals surface area (Å²) < 4.78 is 4.99. The molecule has 1 atom stereocenters. The molecule has 1 N–H and O–H groups in total. The summed E-state index contributed by atoms with van der Waals surface area (Å²) in [5, 5.41) is 10.9. The Morgan fingerprint density at radius 3 is 2.76 bits per heavy atom. The van der Waals surface area contributed by atoms with Gasteiger partial charge in [-0.1, -0.05) is 19.0 Å². The zero-order valence-electron chi connectivity index (χ0n) is 12.6. The Morgan fingerprint density at radius 2 is 2.24 bits per heavy atom. The summed E-state index contributed by atoms with van der Waals surface area (Å²) in [6.07, 6.45) is 0. The summed E-state index contributed by atoms with van der Waals surface area (Å²) in [6, 6.07) is 3.93. The van der Waals surface area contributed by atoms with E-state index in [1.807, 2.05) is 0 Å². The molecule has 2 rings (SSSR count). The molecule has 0 aliphatic rings. The normalized spacial score (nSPS) is 12.6. The minimum atomic E-state index is -0.219. The smallest absolute Gasteiger partial charge is 0.289 e. The van der Waals surface area contributed by atoms with Crippen molar-refractivity contribution in [2.75, 3.05) is 19.6 Å². The van der Waals surface area contributed by atoms with Crippen LogP contribution in [0.5, 0.6) is 0 Å². The first kappa shape index (κ1) is 15.7. The van der Waals surface area contributed by atoms with E-state index in [1.165, 1.54) is 5.56 Å². The number of thiophene rings is 1. The molecule has 0 aliphatic carbocycles. The number of nitrogens with one attached hydrogen (secondary N) is 1. The van der Waals surface area contributed by atoms with Crippen molar-refractivity contribution in [3.63, 3.8) is 0 Å². The van der Waals surface area contributed by atoms with Crippen LogP contribution < -0.4 is 5.32 Å². The third-order valence-corrected chi connectivity index (χ3v) is 4.19. The standard InChI is InChI=1S/C15H21N3O2S/c1-4-18(5-2)13(12-6-7-21-10-12)9-16-15(19)14-8-11(3)17-20-14/h6-8,10,13H,4-5,9H2,1-3H3,(H,16,19). The number of aryl methyl sites for hydroxylation is 1. The van der Waals surface area contributed by atoms with Crippen LogP contribution in [0, 0.1) is 6.92 Å². The molecule has 0 fully saturated rings. The number of carbonyl (C=O) groups excluding carboxylic acids is 1. The Hall–Kier alpha value is -1.66. The molecule has 1 unspecified atom stereocenters. The lowest BCUT2D eigenvalue weighted by Gasteiger charge is -2.29. The molecular weight excluding hydrogens is 286 g/mol. The van der Waals surface area contributed by atoms with E-state index in [9.17, 15) is 4.79 Å². The lowest BCUT2D eigenvalue weighted by atomic mass is 10.1. The predicted molar refractivity (Wildman–Crippen MR) is 83.6 cm³/mol. The molecule has 0 spiro atoms. The number of likely N-dealkylation sites (N-methyl/N-ethyl adjacent to an activating group) is 1. The molecule has 5 nitrogen and oxygen atoms in total. The van der Waals surface area contributed by atoms with Crippen molar-refractivity contribution in [1.29, 1.82) is 0 Å². The Morgan fingerprint density at radius 1 is 1.48 bits per heavy atom. The van der Waals surface area contributed by atoms with Crippen LogP contribution >= 0.6 is 11.3 Å². The minimum absolute atomic E-state index is 0.180. The summed E-state index contributed by atoms with van der Waals surface area (Å²) in [5.41, 5.74) is 1.94. The predicted octanol–water partition coefficient (Wildman–Crippen LogP) is 2.86. The average molecular weight is 307 g/mol. The highest BCUT2D eigenvalue weighted by Gasteiger charge is 2.20. The van der Waals surface area contributed by atoms with Gasteiger partial charge in [0.1, 0.15) is 0 Å². The second-order valence-corrected chi connectivity index (χ2v) is 5.62. The van der Waals surface area contributed by atoms with E-state index in [4.69, 9.17) is 4.52 Å². The minimum Gasteiger partial charge on any atom is -0.351 e. The van der Waals surface area contributed by atoms with Gasteiger partial charge in [0, 0.05) is 12.6 Å². The topological polar surface area (TPSA) is 58.4 Å². The maximum atomic E-state index is 12.1. The highest BCUT2D eigenvalue weighted by Crippen LogP contribution is 2.22. The van der Waals surface area contributed by atoms with Gasteiger partial charge in [0.2, 0.25) is 5.76 Å². The second kappa shape index (κ2) is 7.38. The van der Waals surface area contributed by atoms with Crippen molar-refractivity contribution in [3.8, 4) is 0 Å². The first-order valence-corrected chi connectivity index (χ1v) is 8.07.